The van der Waals surface area contributed by atoms with Crippen molar-refractivity contribution < 1.29 is 4.42 Å². The first-order valence-corrected chi connectivity index (χ1v) is 14.3. The molecule has 0 radical (unpaired) electrons. The zero-order chi connectivity index (χ0) is 26.5. The fraction of sp³-hybridized carbons (Fsp3) is 0. The van der Waals surface area contributed by atoms with Gasteiger partial charge in [0.25, 0.3) is 0 Å². The quantitative estimate of drug-likeness (QED) is 0.225. The van der Waals surface area contributed by atoms with Gasteiger partial charge in [-0.15, -0.1) is 0 Å². The second kappa shape index (κ2) is 9.44. The Balaban J connectivity index is 1.16. The van der Waals surface area contributed by atoms with Crippen molar-refractivity contribution in [3.63, 3.8) is 0 Å². The Kier molecular flexibility index (Phi) is 5.46. The highest BCUT2D eigenvalue weighted by molar-refractivity contribution is 7.99. The van der Waals surface area contributed by atoms with E-state index >= 15 is 0 Å². The van der Waals surface area contributed by atoms with Crippen molar-refractivity contribution in [1.82, 2.24) is 0 Å². The van der Waals surface area contributed by atoms with Crippen LogP contribution in [0, 0.1) is 0 Å². The molecule has 0 saturated heterocycles. The van der Waals surface area contributed by atoms with Gasteiger partial charge in [-0.1, -0.05) is 127 Å². The van der Waals surface area contributed by atoms with Crippen LogP contribution in [0.5, 0.6) is 0 Å². The van der Waals surface area contributed by atoms with Gasteiger partial charge in [-0.3, -0.25) is 0 Å². The minimum Gasteiger partial charge on any atom is -0.456 e. The number of fused-ring (bicyclic) bond motifs is 2. The number of hydrogen-bond donors (Lipinski definition) is 0. The molecule has 8 rings (SSSR count). The molecule has 0 saturated carbocycles. The van der Waals surface area contributed by atoms with Crippen LogP contribution >= 0.6 is 11.8 Å². The molecule has 0 fully saturated rings. The van der Waals surface area contributed by atoms with E-state index in [2.05, 4.69) is 140 Å². The summed E-state index contributed by atoms with van der Waals surface area (Å²) < 4.78 is 6.54. The Labute approximate surface area is 237 Å². The normalized spacial score (nSPS) is 11.9. The van der Waals surface area contributed by atoms with E-state index in [4.69, 9.17) is 4.42 Å². The molecular weight excluding hydrogens is 504 g/mol. The van der Waals surface area contributed by atoms with Gasteiger partial charge in [0.15, 0.2) is 0 Å². The van der Waals surface area contributed by atoms with Crippen LogP contribution in [0.25, 0.3) is 66.8 Å². The van der Waals surface area contributed by atoms with E-state index in [1.807, 2.05) is 17.8 Å². The molecule has 1 nitrogen and oxygen atoms in total. The molecule has 7 aromatic rings. The predicted molar refractivity (Wildman–Crippen MR) is 168 cm³/mol. The first-order valence-electron chi connectivity index (χ1n) is 13.5. The van der Waals surface area contributed by atoms with Crippen molar-refractivity contribution in [3.05, 3.63) is 146 Å². The van der Waals surface area contributed by atoms with Crippen LogP contribution < -0.4 is 0 Å². The van der Waals surface area contributed by atoms with Crippen molar-refractivity contribution in [2.45, 2.75) is 9.79 Å². The van der Waals surface area contributed by atoms with Crippen LogP contribution in [-0.2, 0) is 0 Å². The Bertz CT molecular complexity index is 2010. The standard InChI is InChI=1S/C38H24OS/c1-2-8-25(9-3-1)26-16-18-27(19-17-26)30-12-4-5-13-31(30)35-22-21-34(39-35)29-20-23-36-33(24-29)32-14-6-10-28-11-7-15-37(40-36)38(28)32/h1-24H. The van der Waals surface area contributed by atoms with E-state index in [1.54, 1.807) is 0 Å². The zero-order valence-corrected chi connectivity index (χ0v) is 22.5. The summed E-state index contributed by atoms with van der Waals surface area (Å²) in [5.74, 6) is 1.75. The van der Waals surface area contributed by atoms with Gasteiger partial charge in [-0.25, -0.2) is 0 Å². The van der Waals surface area contributed by atoms with E-state index in [9.17, 15) is 0 Å². The Morgan fingerprint density at radius 1 is 0.375 bits per heavy atom. The molecule has 1 aliphatic heterocycles. The molecule has 0 aliphatic carbocycles. The van der Waals surface area contributed by atoms with Gasteiger partial charge >= 0.3 is 0 Å². The van der Waals surface area contributed by atoms with Crippen LogP contribution in [0.15, 0.2) is 160 Å². The average molecular weight is 529 g/mol. The maximum atomic E-state index is 6.54. The van der Waals surface area contributed by atoms with Gasteiger partial charge in [-0.2, -0.15) is 0 Å². The molecule has 0 unspecified atom stereocenters. The largest absolute Gasteiger partial charge is 0.456 e. The lowest BCUT2D eigenvalue weighted by atomic mass is 9.96. The highest BCUT2D eigenvalue weighted by Crippen LogP contribution is 2.49. The number of furan rings is 1. The molecule has 2 heteroatoms. The summed E-state index contributed by atoms with van der Waals surface area (Å²) >= 11 is 1.85. The summed E-state index contributed by atoms with van der Waals surface area (Å²) in [6.07, 6.45) is 0. The fourth-order valence-electron chi connectivity index (χ4n) is 5.78. The lowest BCUT2D eigenvalue weighted by molar-refractivity contribution is 0.597. The summed E-state index contributed by atoms with van der Waals surface area (Å²) in [6, 6.07) is 51.8. The molecule has 188 valence electrons. The third-order valence-corrected chi connectivity index (χ3v) is 8.88. The van der Waals surface area contributed by atoms with Crippen LogP contribution in [-0.4, -0.2) is 0 Å². The molecule has 0 spiro atoms. The van der Waals surface area contributed by atoms with Gasteiger partial charge < -0.3 is 4.42 Å². The van der Waals surface area contributed by atoms with Crippen molar-refractivity contribution in [1.29, 1.82) is 0 Å². The van der Waals surface area contributed by atoms with Gasteiger partial charge in [0.05, 0.1) is 0 Å². The predicted octanol–water partition coefficient (Wildman–Crippen LogP) is 11.2. The van der Waals surface area contributed by atoms with Crippen molar-refractivity contribution >= 4 is 22.5 Å². The topological polar surface area (TPSA) is 13.1 Å². The van der Waals surface area contributed by atoms with Gasteiger partial charge in [0.2, 0.25) is 0 Å². The minimum atomic E-state index is 0.872. The van der Waals surface area contributed by atoms with E-state index < -0.39 is 0 Å². The number of benzene rings is 6. The third kappa shape index (κ3) is 3.88. The molecule has 2 heterocycles. The zero-order valence-electron chi connectivity index (χ0n) is 21.7. The smallest absolute Gasteiger partial charge is 0.135 e. The average Bonchev–Trinajstić information content (AvgIpc) is 3.52. The molecular formula is C38H24OS. The molecule has 40 heavy (non-hydrogen) atoms. The van der Waals surface area contributed by atoms with E-state index in [-0.39, 0.29) is 0 Å². The lowest BCUT2D eigenvalue weighted by Gasteiger charge is -2.20. The van der Waals surface area contributed by atoms with Gasteiger partial charge in [0.1, 0.15) is 11.5 Å². The molecule has 0 N–H and O–H groups in total. The summed E-state index contributed by atoms with van der Waals surface area (Å²) in [6.45, 7) is 0. The Morgan fingerprint density at radius 3 is 1.88 bits per heavy atom. The molecule has 0 amide bonds. The summed E-state index contributed by atoms with van der Waals surface area (Å²) in [4.78, 5) is 2.60. The van der Waals surface area contributed by atoms with Gasteiger partial charge in [-0.05, 0) is 69.1 Å². The Morgan fingerprint density at radius 2 is 1.02 bits per heavy atom. The first kappa shape index (κ1) is 23.1. The first-order chi connectivity index (χ1) is 19.8. The van der Waals surface area contributed by atoms with Crippen LogP contribution in [0.4, 0.5) is 0 Å². The van der Waals surface area contributed by atoms with E-state index in [1.165, 1.54) is 48.4 Å². The highest BCUT2D eigenvalue weighted by Gasteiger charge is 2.20. The van der Waals surface area contributed by atoms with Crippen molar-refractivity contribution in [2.24, 2.45) is 0 Å². The SMILES string of the molecule is c1ccc(-c2ccc(-c3ccccc3-c3ccc(-c4ccc5c(c4)-c4cccc6cccc(c46)S5)o3)cc2)cc1. The molecule has 0 bridgehead atoms. The van der Waals surface area contributed by atoms with Crippen molar-refractivity contribution in [2.75, 3.05) is 0 Å². The lowest BCUT2D eigenvalue weighted by Crippen LogP contribution is -1.93. The summed E-state index contributed by atoms with van der Waals surface area (Å²) in [7, 11) is 0. The molecule has 6 aromatic carbocycles. The van der Waals surface area contributed by atoms with E-state index in [0.717, 1.165) is 28.2 Å². The van der Waals surface area contributed by atoms with Crippen LogP contribution in [0.1, 0.15) is 0 Å². The molecule has 1 aliphatic rings. The maximum absolute atomic E-state index is 6.54. The minimum absolute atomic E-state index is 0.872. The number of rotatable bonds is 4. The molecule has 1 aromatic heterocycles. The number of hydrogen-bond acceptors (Lipinski definition) is 2. The summed E-state index contributed by atoms with van der Waals surface area (Å²) in [5.41, 5.74) is 9.51. The van der Waals surface area contributed by atoms with E-state index in [0.29, 0.717) is 0 Å². The maximum Gasteiger partial charge on any atom is 0.135 e. The van der Waals surface area contributed by atoms with Crippen molar-refractivity contribution in [3.8, 4) is 56.0 Å². The van der Waals surface area contributed by atoms with Crippen LogP contribution in [0.2, 0.25) is 0 Å². The Hall–Kier alpha value is -4.79. The second-order valence-electron chi connectivity index (χ2n) is 10.1. The second-order valence-corrected chi connectivity index (χ2v) is 11.2. The highest BCUT2D eigenvalue weighted by atomic mass is 32.2. The van der Waals surface area contributed by atoms with Gasteiger partial charge in [0, 0.05) is 26.3 Å². The van der Waals surface area contributed by atoms with Crippen LogP contribution in [0.3, 0.4) is 0 Å². The summed E-state index contributed by atoms with van der Waals surface area (Å²) in [5, 5.41) is 2.62. The molecule has 0 atom stereocenters. The third-order valence-electron chi connectivity index (χ3n) is 7.74. The fourth-order valence-corrected chi connectivity index (χ4v) is 6.91. The monoisotopic (exact) mass is 528 g/mol.